The number of nitrogens with two attached hydrogens (primary N) is 1. The van der Waals surface area contributed by atoms with Crippen molar-refractivity contribution in [2.45, 2.75) is 30.7 Å². The summed E-state index contributed by atoms with van der Waals surface area (Å²) < 4.78 is 48.9. The topological polar surface area (TPSA) is 106 Å². The third-order valence-electron chi connectivity index (χ3n) is 3.20. The van der Waals surface area contributed by atoms with Crippen molar-refractivity contribution in [3.8, 4) is 0 Å². The molecule has 8 heteroatoms. The number of benzene rings is 1. The Balaban J connectivity index is 2.14. The zero-order chi connectivity index (χ0) is 15.0. The molecule has 0 amide bonds. The molecule has 1 fully saturated rings. The maximum atomic E-state index is 11.9. The van der Waals surface area contributed by atoms with Crippen LogP contribution in [-0.2, 0) is 20.0 Å². The highest BCUT2D eigenvalue weighted by atomic mass is 32.2. The predicted molar refractivity (Wildman–Crippen MR) is 75.9 cm³/mol. The number of sulfonamides is 2. The van der Waals surface area contributed by atoms with E-state index >= 15 is 0 Å². The Morgan fingerprint density at radius 2 is 1.95 bits per heavy atom. The Morgan fingerprint density at radius 3 is 2.50 bits per heavy atom. The Morgan fingerprint density at radius 1 is 1.30 bits per heavy atom. The lowest BCUT2D eigenvalue weighted by Gasteiger charge is -2.15. The van der Waals surface area contributed by atoms with Crippen molar-refractivity contribution >= 4 is 20.0 Å². The van der Waals surface area contributed by atoms with Crippen molar-refractivity contribution in [2.75, 3.05) is 5.75 Å². The van der Waals surface area contributed by atoms with E-state index in [2.05, 4.69) is 4.72 Å². The standard InChI is InChI=1S/C12H18N2O4S2/c1-9(14-19(15,16)8-10-5-6-10)11-3-2-4-12(7-11)20(13,17)18/h2-4,7,9-10,14H,5-6,8H2,1H3,(H2,13,17,18). The first kappa shape index (κ1) is 15.4. The van der Waals surface area contributed by atoms with Crippen LogP contribution in [0.3, 0.4) is 0 Å². The maximum absolute atomic E-state index is 11.9. The minimum atomic E-state index is -3.79. The number of hydrogen-bond donors (Lipinski definition) is 2. The molecule has 0 saturated heterocycles. The molecular weight excluding hydrogens is 300 g/mol. The molecule has 112 valence electrons. The Labute approximate surface area is 119 Å². The zero-order valence-electron chi connectivity index (χ0n) is 11.1. The SMILES string of the molecule is CC(NS(=O)(=O)CC1CC1)c1cccc(S(N)(=O)=O)c1. The average Bonchev–Trinajstić information content (AvgIpc) is 3.10. The van der Waals surface area contributed by atoms with Gasteiger partial charge in [0.2, 0.25) is 20.0 Å². The predicted octanol–water partition coefficient (Wildman–Crippen LogP) is 0.724. The van der Waals surface area contributed by atoms with Gasteiger partial charge < -0.3 is 0 Å². The van der Waals surface area contributed by atoms with Gasteiger partial charge in [-0.15, -0.1) is 0 Å². The molecule has 0 radical (unpaired) electrons. The van der Waals surface area contributed by atoms with Gasteiger partial charge in [-0.3, -0.25) is 0 Å². The first-order valence-corrected chi connectivity index (χ1v) is 9.50. The third kappa shape index (κ3) is 4.27. The van der Waals surface area contributed by atoms with Crippen LogP contribution < -0.4 is 9.86 Å². The molecule has 0 aromatic heterocycles. The fraction of sp³-hybridized carbons (Fsp3) is 0.500. The number of nitrogens with one attached hydrogen (secondary N) is 1. The normalized spacial score (nSPS) is 17.9. The summed E-state index contributed by atoms with van der Waals surface area (Å²) in [4.78, 5) is -0.0248. The van der Waals surface area contributed by atoms with Gasteiger partial charge in [0.1, 0.15) is 0 Å². The molecule has 0 bridgehead atoms. The first-order valence-electron chi connectivity index (χ1n) is 6.30. The molecule has 3 N–H and O–H groups in total. The zero-order valence-corrected chi connectivity index (χ0v) is 12.7. The summed E-state index contributed by atoms with van der Waals surface area (Å²) in [6.45, 7) is 1.67. The summed E-state index contributed by atoms with van der Waals surface area (Å²) in [7, 11) is -7.13. The van der Waals surface area contributed by atoms with E-state index in [1.807, 2.05) is 0 Å². The van der Waals surface area contributed by atoms with Gasteiger partial charge in [-0.05, 0) is 43.4 Å². The van der Waals surface area contributed by atoms with Gasteiger partial charge in [-0.25, -0.2) is 26.7 Å². The van der Waals surface area contributed by atoms with Crippen LogP contribution in [-0.4, -0.2) is 22.6 Å². The summed E-state index contributed by atoms with van der Waals surface area (Å²) in [5.41, 5.74) is 0.566. The second kappa shape index (κ2) is 5.44. The number of primary sulfonamides is 1. The second-order valence-electron chi connectivity index (χ2n) is 5.18. The highest BCUT2D eigenvalue weighted by molar-refractivity contribution is 7.89. The molecule has 6 nitrogen and oxygen atoms in total. The molecule has 1 saturated carbocycles. The first-order chi connectivity index (χ1) is 9.17. The Bertz CT molecular complexity index is 694. The van der Waals surface area contributed by atoms with Crippen LogP contribution in [0.25, 0.3) is 0 Å². The molecule has 1 atom stereocenters. The van der Waals surface area contributed by atoms with Crippen LogP contribution in [0, 0.1) is 5.92 Å². The molecule has 1 aromatic carbocycles. The van der Waals surface area contributed by atoms with Crippen LogP contribution in [0.1, 0.15) is 31.4 Å². The van der Waals surface area contributed by atoms with Crippen molar-refractivity contribution in [2.24, 2.45) is 11.1 Å². The van der Waals surface area contributed by atoms with E-state index in [1.54, 1.807) is 19.1 Å². The van der Waals surface area contributed by atoms with Crippen LogP contribution in [0.4, 0.5) is 0 Å². The molecule has 20 heavy (non-hydrogen) atoms. The lowest BCUT2D eigenvalue weighted by molar-refractivity contribution is 0.563. The monoisotopic (exact) mass is 318 g/mol. The fourth-order valence-electron chi connectivity index (χ4n) is 1.94. The molecule has 0 aliphatic heterocycles. The van der Waals surface area contributed by atoms with Crippen LogP contribution in [0.15, 0.2) is 29.2 Å². The van der Waals surface area contributed by atoms with Gasteiger partial charge in [0.25, 0.3) is 0 Å². The van der Waals surface area contributed by atoms with Gasteiger partial charge in [-0.1, -0.05) is 12.1 Å². The molecular formula is C12H18N2O4S2. The van der Waals surface area contributed by atoms with E-state index in [-0.39, 0.29) is 16.6 Å². The van der Waals surface area contributed by atoms with Crippen LogP contribution >= 0.6 is 0 Å². The van der Waals surface area contributed by atoms with Gasteiger partial charge in [0, 0.05) is 6.04 Å². The van der Waals surface area contributed by atoms with E-state index in [4.69, 9.17) is 5.14 Å². The van der Waals surface area contributed by atoms with Crippen LogP contribution in [0.2, 0.25) is 0 Å². The smallest absolute Gasteiger partial charge is 0.225 e. The Hall–Kier alpha value is -0.960. The molecule has 0 heterocycles. The quantitative estimate of drug-likeness (QED) is 0.806. The summed E-state index contributed by atoms with van der Waals surface area (Å²) in [6.07, 6.45) is 1.91. The van der Waals surface area contributed by atoms with Gasteiger partial charge in [0.05, 0.1) is 10.6 Å². The van der Waals surface area contributed by atoms with Gasteiger partial charge >= 0.3 is 0 Å². The molecule has 0 spiro atoms. The van der Waals surface area contributed by atoms with Crippen LogP contribution in [0.5, 0.6) is 0 Å². The number of rotatable bonds is 6. The highest BCUT2D eigenvalue weighted by Crippen LogP contribution is 2.30. The maximum Gasteiger partial charge on any atom is 0.238 e. The van der Waals surface area contributed by atoms with E-state index < -0.39 is 26.1 Å². The highest BCUT2D eigenvalue weighted by Gasteiger charge is 2.29. The lowest BCUT2D eigenvalue weighted by atomic mass is 10.1. The minimum absolute atomic E-state index is 0.0248. The van der Waals surface area contributed by atoms with E-state index in [1.165, 1.54) is 12.1 Å². The summed E-state index contributed by atoms with van der Waals surface area (Å²) >= 11 is 0. The summed E-state index contributed by atoms with van der Waals surface area (Å²) in [5.74, 6) is 0.391. The van der Waals surface area contributed by atoms with Crippen molar-refractivity contribution in [1.82, 2.24) is 4.72 Å². The summed E-state index contributed by atoms with van der Waals surface area (Å²) in [5, 5.41) is 5.06. The average molecular weight is 318 g/mol. The molecule has 1 aromatic rings. The molecule has 1 unspecified atom stereocenters. The largest absolute Gasteiger partial charge is 0.238 e. The van der Waals surface area contributed by atoms with Crippen molar-refractivity contribution in [3.05, 3.63) is 29.8 Å². The van der Waals surface area contributed by atoms with Crippen molar-refractivity contribution < 1.29 is 16.8 Å². The fourth-order valence-corrected chi connectivity index (χ4v) is 4.23. The van der Waals surface area contributed by atoms with Gasteiger partial charge in [0.15, 0.2) is 0 Å². The second-order valence-corrected chi connectivity index (χ2v) is 8.54. The van der Waals surface area contributed by atoms with Crippen molar-refractivity contribution in [1.29, 1.82) is 0 Å². The Kier molecular flexibility index (Phi) is 4.19. The van der Waals surface area contributed by atoms with E-state index in [0.717, 1.165) is 12.8 Å². The van der Waals surface area contributed by atoms with Gasteiger partial charge in [-0.2, -0.15) is 0 Å². The van der Waals surface area contributed by atoms with Crippen molar-refractivity contribution in [3.63, 3.8) is 0 Å². The van der Waals surface area contributed by atoms with E-state index in [0.29, 0.717) is 5.56 Å². The lowest BCUT2D eigenvalue weighted by Crippen LogP contribution is -2.30. The molecule has 1 aliphatic carbocycles. The number of hydrogen-bond acceptors (Lipinski definition) is 4. The van der Waals surface area contributed by atoms with E-state index in [9.17, 15) is 16.8 Å². The minimum Gasteiger partial charge on any atom is -0.225 e. The molecule has 1 aliphatic rings. The third-order valence-corrected chi connectivity index (χ3v) is 5.73. The summed E-state index contributed by atoms with van der Waals surface area (Å²) in [6, 6.07) is 5.48. The molecule has 2 rings (SSSR count).